The summed E-state index contributed by atoms with van der Waals surface area (Å²) in [5, 5.41) is 14.9. The summed E-state index contributed by atoms with van der Waals surface area (Å²) in [5.74, 6) is 0.531. The molecule has 0 aliphatic carbocycles. The van der Waals surface area contributed by atoms with Crippen molar-refractivity contribution < 1.29 is 0 Å². The van der Waals surface area contributed by atoms with Crippen LogP contribution in [0, 0.1) is 0 Å². The van der Waals surface area contributed by atoms with Crippen molar-refractivity contribution >= 4 is 11.6 Å². The number of nitrogens with one attached hydrogen (secondary N) is 1. The van der Waals surface area contributed by atoms with Crippen LogP contribution in [0.5, 0.6) is 0 Å². The number of unbranched alkanes of at least 4 members (excludes halogenated alkanes) is 2. The number of pyridine rings is 1. The molecule has 4 aromatic rings. The van der Waals surface area contributed by atoms with Gasteiger partial charge in [-0.2, -0.15) is 5.21 Å². The first-order valence-corrected chi connectivity index (χ1v) is 11.3. The molecule has 9 heteroatoms. The molecule has 0 saturated carbocycles. The quantitative estimate of drug-likeness (QED) is 0.382. The van der Waals surface area contributed by atoms with Crippen LogP contribution in [0.4, 0.5) is 0 Å². The Balaban J connectivity index is 1.63. The van der Waals surface area contributed by atoms with Crippen LogP contribution in [0.2, 0.25) is 5.15 Å². The molecule has 0 aliphatic rings. The lowest BCUT2D eigenvalue weighted by Crippen LogP contribution is -2.25. The van der Waals surface area contributed by atoms with Gasteiger partial charge in [0, 0.05) is 23.9 Å². The van der Waals surface area contributed by atoms with Crippen molar-refractivity contribution in [1.82, 2.24) is 34.7 Å². The molecule has 0 aliphatic heterocycles. The number of hydrogen-bond acceptors (Lipinski definition) is 5. The Morgan fingerprint density at radius 3 is 2.50 bits per heavy atom. The summed E-state index contributed by atoms with van der Waals surface area (Å²) >= 11 is 6.55. The number of tetrazole rings is 1. The number of nitrogens with zero attached hydrogens (tertiary/aromatic N) is 6. The van der Waals surface area contributed by atoms with Gasteiger partial charge in [0.05, 0.1) is 17.9 Å². The summed E-state index contributed by atoms with van der Waals surface area (Å²) < 4.78 is 3.38. The summed E-state index contributed by atoms with van der Waals surface area (Å²) in [6.07, 6.45) is 5.82. The zero-order valence-corrected chi connectivity index (χ0v) is 19.0. The third kappa shape index (κ3) is 4.36. The highest BCUT2D eigenvalue weighted by atomic mass is 35.5. The molecule has 3 heterocycles. The fourth-order valence-corrected chi connectivity index (χ4v) is 4.26. The summed E-state index contributed by atoms with van der Waals surface area (Å²) in [4.78, 5) is 17.6. The summed E-state index contributed by atoms with van der Waals surface area (Å²) in [6.45, 7) is 5.03. The number of aromatic amines is 1. The van der Waals surface area contributed by atoms with Crippen molar-refractivity contribution in [3.05, 3.63) is 69.6 Å². The molecule has 0 bridgehead atoms. The monoisotopic (exact) mass is 451 g/mol. The Labute approximate surface area is 191 Å². The molecule has 3 aromatic heterocycles. The van der Waals surface area contributed by atoms with Gasteiger partial charge in [-0.3, -0.25) is 14.1 Å². The van der Waals surface area contributed by atoms with Gasteiger partial charge >= 0.3 is 5.69 Å². The highest BCUT2D eigenvalue weighted by molar-refractivity contribution is 6.30. The number of benzene rings is 1. The molecule has 0 radical (unpaired) electrons. The Morgan fingerprint density at radius 1 is 1.03 bits per heavy atom. The number of H-pyrrole nitrogens is 1. The normalized spacial score (nSPS) is 11.2. The summed E-state index contributed by atoms with van der Waals surface area (Å²) in [5.41, 5.74) is 4.38. The van der Waals surface area contributed by atoms with Gasteiger partial charge in [0.15, 0.2) is 0 Å². The predicted molar refractivity (Wildman–Crippen MR) is 125 cm³/mol. The summed E-state index contributed by atoms with van der Waals surface area (Å²) in [6, 6.07) is 11.8. The maximum Gasteiger partial charge on any atom is 0.329 e. The largest absolute Gasteiger partial charge is 0.329 e. The second-order valence-electron chi connectivity index (χ2n) is 7.63. The Kier molecular flexibility index (Phi) is 6.80. The van der Waals surface area contributed by atoms with Crippen LogP contribution < -0.4 is 5.69 Å². The van der Waals surface area contributed by atoms with Crippen LogP contribution in [0.25, 0.3) is 22.5 Å². The third-order valence-electron chi connectivity index (χ3n) is 5.57. The van der Waals surface area contributed by atoms with Crippen molar-refractivity contribution in [2.45, 2.75) is 52.6 Å². The van der Waals surface area contributed by atoms with Crippen LogP contribution in [0.3, 0.4) is 0 Å². The van der Waals surface area contributed by atoms with Crippen LogP contribution in [0.15, 0.2) is 47.4 Å². The van der Waals surface area contributed by atoms with Gasteiger partial charge in [0.2, 0.25) is 5.82 Å². The van der Waals surface area contributed by atoms with E-state index in [1.807, 2.05) is 49.5 Å². The number of imidazole rings is 1. The van der Waals surface area contributed by atoms with E-state index < -0.39 is 0 Å². The number of aromatic nitrogens is 7. The molecule has 0 atom stereocenters. The van der Waals surface area contributed by atoms with Gasteiger partial charge in [0.1, 0.15) is 5.15 Å². The molecule has 0 fully saturated rings. The first-order valence-electron chi connectivity index (χ1n) is 10.9. The Hall–Kier alpha value is -3.26. The van der Waals surface area contributed by atoms with Gasteiger partial charge in [-0.25, -0.2) is 4.79 Å². The third-order valence-corrected chi connectivity index (χ3v) is 5.99. The topological polar surface area (TPSA) is 94.3 Å². The maximum absolute atomic E-state index is 12.9. The molecule has 1 aromatic carbocycles. The van der Waals surface area contributed by atoms with Crippen LogP contribution >= 0.6 is 11.6 Å². The molecule has 8 nitrogen and oxygen atoms in total. The Bertz CT molecular complexity index is 1230. The number of halogens is 1. The van der Waals surface area contributed by atoms with E-state index in [9.17, 15) is 4.79 Å². The highest BCUT2D eigenvalue weighted by Gasteiger charge is 2.18. The molecule has 0 saturated heterocycles. The lowest BCUT2D eigenvalue weighted by molar-refractivity contribution is 0.632. The minimum atomic E-state index is -0.0858. The zero-order chi connectivity index (χ0) is 22.5. The Morgan fingerprint density at radius 2 is 1.84 bits per heavy atom. The molecule has 4 rings (SSSR count). The SMILES string of the molecule is CCCCCc1c(Cl)n(CC)c(=O)n1Cc1ccc(-c2ccccc2-c2nn[nH]n2)cn1. The first-order chi connectivity index (χ1) is 15.6. The average molecular weight is 452 g/mol. The van der Waals surface area contributed by atoms with Gasteiger partial charge in [-0.15, -0.1) is 10.2 Å². The van der Waals surface area contributed by atoms with Crippen molar-refractivity contribution in [3.8, 4) is 22.5 Å². The average Bonchev–Trinajstić information content (AvgIpc) is 3.43. The van der Waals surface area contributed by atoms with Gasteiger partial charge in [-0.1, -0.05) is 61.7 Å². The standard InChI is InChI=1S/C23H26ClN7O/c1-3-5-6-11-20-21(24)30(4-2)23(32)31(20)15-17-13-12-16(14-25-17)18-9-7-8-10-19(18)22-26-28-29-27-22/h7-10,12-14H,3-6,11,15H2,1-2H3,(H,26,27,28,29). The van der Waals surface area contributed by atoms with Crippen LogP contribution in [0.1, 0.15) is 44.5 Å². The number of hydrogen-bond donors (Lipinski definition) is 1. The fourth-order valence-electron chi connectivity index (χ4n) is 3.88. The molecule has 32 heavy (non-hydrogen) atoms. The van der Waals surface area contributed by atoms with E-state index in [2.05, 4.69) is 32.5 Å². The maximum atomic E-state index is 12.9. The zero-order valence-electron chi connectivity index (χ0n) is 18.3. The molecule has 0 amide bonds. The van der Waals surface area contributed by atoms with Crippen molar-refractivity contribution in [2.24, 2.45) is 0 Å². The van der Waals surface area contributed by atoms with E-state index in [1.54, 1.807) is 9.13 Å². The van der Waals surface area contributed by atoms with E-state index in [1.165, 1.54) is 0 Å². The second-order valence-corrected chi connectivity index (χ2v) is 7.98. The molecule has 0 spiro atoms. The minimum Gasteiger partial charge on any atom is -0.289 e. The molecule has 166 valence electrons. The van der Waals surface area contributed by atoms with E-state index in [4.69, 9.17) is 11.6 Å². The van der Waals surface area contributed by atoms with E-state index in [0.29, 0.717) is 24.1 Å². The molecule has 0 unspecified atom stereocenters. The lowest BCUT2D eigenvalue weighted by atomic mass is 10.0. The van der Waals surface area contributed by atoms with Gasteiger partial charge in [0.25, 0.3) is 0 Å². The summed E-state index contributed by atoms with van der Waals surface area (Å²) in [7, 11) is 0. The van der Waals surface area contributed by atoms with Gasteiger partial charge in [-0.05, 0) is 36.6 Å². The first kappa shape index (κ1) is 22.0. The predicted octanol–water partition coefficient (Wildman–Crippen LogP) is 4.35. The van der Waals surface area contributed by atoms with Crippen LogP contribution in [-0.2, 0) is 19.5 Å². The molecule has 1 N–H and O–H groups in total. The lowest BCUT2D eigenvalue weighted by Gasteiger charge is -2.09. The second kappa shape index (κ2) is 9.91. The molecular formula is C23H26ClN7O. The van der Waals surface area contributed by atoms with Crippen molar-refractivity contribution in [1.29, 1.82) is 0 Å². The number of rotatable bonds is 9. The van der Waals surface area contributed by atoms with Crippen LogP contribution in [-0.4, -0.2) is 34.7 Å². The smallest absolute Gasteiger partial charge is 0.289 e. The highest BCUT2D eigenvalue weighted by Crippen LogP contribution is 2.29. The molecular weight excluding hydrogens is 426 g/mol. The van der Waals surface area contributed by atoms with Crippen molar-refractivity contribution in [3.63, 3.8) is 0 Å². The fraction of sp³-hybridized carbons (Fsp3) is 0.348. The van der Waals surface area contributed by atoms with Gasteiger partial charge < -0.3 is 0 Å². The van der Waals surface area contributed by atoms with E-state index in [0.717, 1.165) is 53.8 Å². The van der Waals surface area contributed by atoms with Crippen molar-refractivity contribution in [2.75, 3.05) is 0 Å². The van der Waals surface area contributed by atoms with E-state index in [-0.39, 0.29) is 5.69 Å². The van der Waals surface area contributed by atoms with E-state index >= 15 is 0 Å². The minimum absolute atomic E-state index is 0.0858.